The highest BCUT2D eigenvalue weighted by Crippen LogP contribution is 2.30. The summed E-state index contributed by atoms with van der Waals surface area (Å²) >= 11 is 0. The topological polar surface area (TPSA) is 44.1 Å². The van der Waals surface area contributed by atoms with E-state index in [1.807, 2.05) is 11.5 Å². The number of rotatable bonds is 5. The molecule has 2 rings (SSSR count). The van der Waals surface area contributed by atoms with Crippen LogP contribution in [0.1, 0.15) is 48.4 Å². The molecule has 1 saturated carbocycles. The van der Waals surface area contributed by atoms with Crippen molar-refractivity contribution in [1.82, 2.24) is 9.55 Å². The Kier molecular flexibility index (Phi) is 3.82. The van der Waals surface area contributed by atoms with Crippen LogP contribution in [0.5, 0.6) is 0 Å². The summed E-state index contributed by atoms with van der Waals surface area (Å²) in [5.41, 5.74) is 0.411. The van der Waals surface area contributed by atoms with Crippen LogP contribution in [-0.2, 0) is 11.3 Å². The maximum Gasteiger partial charge on any atom is 0.358 e. The highest BCUT2D eigenvalue weighted by molar-refractivity contribution is 5.86. The zero-order valence-corrected chi connectivity index (χ0v) is 10.6. The lowest BCUT2D eigenvalue weighted by Crippen LogP contribution is -2.11. The summed E-state index contributed by atoms with van der Waals surface area (Å²) in [6.45, 7) is 2.88. The van der Waals surface area contributed by atoms with Gasteiger partial charge >= 0.3 is 5.97 Å². The van der Waals surface area contributed by atoms with E-state index < -0.39 is 0 Å². The van der Waals surface area contributed by atoms with Gasteiger partial charge in [0.2, 0.25) is 0 Å². The van der Waals surface area contributed by atoms with Crippen molar-refractivity contribution in [2.24, 2.45) is 5.92 Å². The van der Waals surface area contributed by atoms with E-state index in [-0.39, 0.29) is 5.97 Å². The molecule has 0 amide bonds. The van der Waals surface area contributed by atoms with Gasteiger partial charge < -0.3 is 9.30 Å². The van der Waals surface area contributed by atoms with E-state index in [9.17, 15) is 4.79 Å². The molecule has 1 heterocycles. The van der Waals surface area contributed by atoms with Gasteiger partial charge in [0.25, 0.3) is 0 Å². The molecule has 1 aliphatic carbocycles. The minimum Gasteiger partial charge on any atom is -0.464 e. The number of aryl methyl sites for hydroxylation is 2. The number of carbonyl (C=O) groups excluding carboxylic acids is 1. The van der Waals surface area contributed by atoms with Crippen molar-refractivity contribution in [3.63, 3.8) is 0 Å². The summed E-state index contributed by atoms with van der Waals surface area (Å²) in [6.07, 6.45) is 8.46. The molecule has 0 spiro atoms. The van der Waals surface area contributed by atoms with Gasteiger partial charge in [0.1, 0.15) is 5.82 Å². The Labute approximate surface area is 102 Å². The minimum absolute atomic E-state index is 0.356. The summed E-state index contributed by atoms with van der Waals surface area (Å²) in [7, 11) is 1.38. The molecule has 0 aliphatic heterocycles. The van der Waals surface area contributed by atoms with E-state index >= 15 is 0 Å². The average molecular weight is 236 g/mol. The maximum absolute atomic E-state index is 11.3. The van der Waals surface area contributed by atoms with E-state index in [4.69, 9.17) is 0 Å². The van der Waals surface area contributed by atoms with Crippen molar-refractivity contribution in [1.29, 1.82) is 0 Å². The maximum atomic E-state index is 11.3. The Morgan fingerprint density at radius 2 is 2.35 bits per heavy atom. The van der Waals surface area contributed by atoms with Crippen molar-refractivity contribution < 1.29 is 9.53 Å². The summed E-state index contributed by atoms with van der Waals surface area (Å²) in [5.74, 6) is 1.48. The molecule has 1 fully saturated rings. The zero-order chi connectivity index (χ0) is 12.3. The Hall–Kier alpha value is -1.32. The smallest absolute Gasteiger partial charge is 0.358 e. The van der Waals surface area contributed by atoms with E-state index in [0.717, 1.165) is 18.3 Å². The lowest BCUT2D eigenvalue weighted by Gasteiger charge is -2.25. The fourth-order valence-electron chi connectivity index (χ4n) is 2.27. The van der Waals surface area contributed by atoms with Gasteiger partial charge in [0.15, 0.2) is 5.69 Å². The third-order valence-electron chi connectivity index (χ3n) is 3.61. The SMILES string of the molecule is COC(=O)c1cn(CCCC2CCC2)c(C)n1. The van der Waals surface area contributed by atoms with Crippen LogP contribution in [0, 0.1) is 12.8 Å². The fourth-order valence-corrected chi connectivity index (χ4v) is 2.27. The number of nitrogens with zero attached hydrogens (tertiary/aromatic N) is 2. The van der Waals surface area contributed by atoms with Gasteiger partial charge in [-0.2, -0.15) is 0 Å². The minimum atomic E-state index is -0.356. The van der Waals surface area contributed by atoms with Crippen LogP contribution in [0.2, 0.25) is 0 Å². The molecule has 0 radical (unpaired) electrons. The largest absolute Gasteiger partial charge is 0.464 e. The molecule has 1 aromatic heterocycles. The number of imidazole rings is 1. The second kappa shape index (κ2) is 5.34. The van der Waals surface area contributed by atoms with Crippen molar-refractivity contribution in [3.05, 3.63) is 17.7 Å². The normalized spacial score (nSPS) is 15.6. The molecular weight excluding hydrogens is 216 g/mol. The van der Waals surface area contributed by atoms with E-state index in [2.05, 4.69) is 9.72 Å². The number of aromatic nitrogens is 2. The van der Waals surface area contributed by atoms with Gasteiger partial charge in [0.05, 0.1) is 7.11 Å². The third-order valence-corrected chi connectivity index (χ3v) is 3.61. The molecule has 1 aromatic rings. The Morgan fingerprint density at radius 1 is 1.59 bits per heavy atom. The van der Waals surface area contributed by atoms with Crippen LogP contribution < -0.4 is 0 Å². The Bertz CT molecular complexity index is 394. The van der Waals surface area contributed by atoms with Crippen LogP contribution in [0.25, 0.3) is 0 Å². The van der Waals surface area contributed by atoms with E-state index in [1.54, 1.807) is 6.20 Å². The van der Waals surface area contributed by atoms with Gasteiger partial charge in [-0.05, 0) is 25.7 Å². The molecule has 4 heteroatoms. The summed E-state index contributed by atoms with van der Waals surface area (Å²) in [5, 5.41) is 0. The van der Waals surface area contributed by atoms with E-state index in [1.165, 1.54) is 39.2 Å². The highest BCUT2D eigenvalue weighted by atomic mass is 16.5. The van der Waals surface area contributed by atoms with Gasteiger partial charge in [-0.25, -0.2) is 9.78 Å². The molecule has 0 atom stereocenters. The van der Waals surface area contributed by atoms with Crippen molar-refractivity contribution in [2.75, 3.05) is 7.11 Å². The van der Waals surface area contributed by atoms with Gasteiger partial charge in [-0.15, -0.1) is 0 Å². The molecular formula is C13H20N2O2. The molecule has 4 nitrogen and oxygen atoms in total. The number of ether oxygens (including phenoxy) is 1. The second-order valence-corrected chi connectivity index (χ2v) is 4.80. The monoisotopic (exact) mass is 236 g/mol. The second-order valence-electron chi connectivity index (χ2n) is 4.80. The van der Waals surface area contributed by atoms with Crippen LogP contribution in [0.4, 0.5) is 0 Å². The van der Waals surface area contributed by atoms with Gasteiger partial charge in [0, 0.05) is 12.7 Å². The quantitative estimate of drug-likeness (QED) is 0.738. The van der Waals surface area contributed by atoms with Gasteiger partial charge in [-0.3, -0.25) is 0 Å². The predicted octanol–water partition coefficient (Wildman–Crippen LogP) is 2.56. The lowest BCUT2D eigenvalue weighted by molar-refractivity contribution is 0.0594. The number of hydrogen-bond donors (Lipinski definition) is 0. The van der Waals surface area contributed by atoms with Crippen molar-refractivity contribution >= 4 is 5.97 Å². The first-order valence-corrected chi connectivity index (χ1v) is 6.33. The first-order valence-electron chi connectivity index (χ1n) is 6.33. The molecule has 0 aromatic carbocycles. The fraction of sp³-hybridized carbons (Fsp3) is 0.692. The van der Waals surface area contributed by atoms with Crippen LogP contribution in [0.15, 0.2) is 6.20 Å². The van der Waals surface area contributed by atoms with Crippen molar-refractivity contribution in [3.8, 4) is 0 Å². The average Bonchev–Trinajstić information content (AvgIpc) is 2.63. The summed E-state index contributed by atoms with van der Waals surface area (Å²) in [4.78, 5) is 15.5. The Morgan fingerprint density at radius 3 is 2.94 bits per heavy atom. The van der Waals surface area contributed by atoms with Crippen LogP contribution in [-0.4, -0.2) is 22.6 Å². The number of hydrogen-bond acceptors (Lipinski definition) is 3. The summed E-state index contributed by atoms with van der Waals surface area (Å²) < 4.78 is 6.71. The number of esters is 1. The van der Waals surface area contributed by atoms with Crippen LogP contribution in [0.3, 0.4) is 0 Å². The first kappa shape index (κ1) is 12.1. The third kappa shape index (κ3) is 2.87. The predicted molar refractivity (Wildman–Crippen MR) is 64.9 cm³/mol. The molecule has 0 saturated heterocycles. The molecule has 1 aliphatic rings. The molecule has 0 unspecified atom stereocenters. The summed E-state index contributed by atoms with van der Waals surface area (Å²) in [6, 6.07) is 0. The molecule has 94 valence electrons. The molecule has 17 heavy (non-hydrogen) atoms. The van der Waals surface area contributed by atoms with E-state index in [0.29, 0.717) is 5.69 Å². The standard InChI is InChI=1S/C13H20N2O2/c1-10-14-12(13(16)17-2)9-15(10)8-4-7-11-5-3-6-11/h9,11H,3-8H2,1-2H3. The lowest BCUT2D eigenvalue weighted by atomic mass is 9.82. The molecule has 0 N–H and O–H groups in total. The molecule has 0 bridgehead atoms. The number of methoxy groups -OCH3 is 1. The van der Waals surface area contributed by atoms with Gasteiger partial charge in [-0.1, -0.05) is 19.3 Å². The number of carbonyl (C=O) groups is 1. The van der Waals surface area contributed by atoms with Crippen molar-refractivity contribution in [2.45, 2.75) is 45.6 Å². The van der Waals surface area contributed by atoms with Crippen LogP contribution >= 0.6 is 0 Å². The first-order chi connectivity index (χ1) is 8.20. The Balaban J connectivity index is 1.86. The highest BCUT2D eigenvalue weighted by Gasteiger charge is 2.17. The zero-order valence-electron chi connectivity index (χ0n) is 10.6.